The minimum Gasteiger partial charge on any atom is -0.466 e. The molecule has 58 valence electrons. The van der Waals surface area contributed by atoms with Crippen molar-refractivity contribution in [2.24, 2.45) is 0 Å². The molecule has 3 heteroatoms. The normalized spacial score (nSPS) is 8.60. The van der Waals surface area contributed by atoms with Crippen LogP contribution >= 0.6 is 0 Å². The highest BCUT2D eigenvalue weighted by Gasteiger charge is 2.01. The molecule has 0 radical (unpaired) electrons. The summed E-state index contributed by atoms with van der Waals surface area (Å²) in [6.45, 7) is 5.79. The summed E-state index contributed by atoms with van der Waals surface area (Å²) >= 11 is 0. The van der Waals surface area contributed by atoms with Crippen molar-refractivity contribution in [1.82, 2.24) is 5.32 Å². The molecule has 0 saturated heterocycles. The fraction of sp³-hybridized carbons (Fsp3) is 0.571. The first-order valence-electron chi connectivity index (χ1n) is 3.21. The smallest absolute Gasteiger partial charge is 0.311 e. The average molecular weight is 143 g/mol. The van der Waals surface area contributed by atoms with Gasteiger partial charge in [-0.1, -0.05) is 6.58 Å². The standard InChI is InChI=1S/C7H13NO2/c1-4-10-7(9)5-6(2)8-3/h8H,2,4-5H2,1,3H3. The van der Waals surface area contributed by atoms with E-state index in [1.165, 1.54) is 0 Å². The van der Waals surface area contributed by atoms with Crippen LogP contribution in [0.5, 0.6) is 0 Å². The Hall–Kier alpha value is -0.990. The lowest BCUT2D eigenvalue weighted by Crippen LogP contribution is -2.12. The van der Waals surface area contributed by atoms with Crippen LogP contribution < -0.4 is 5.32 Å². The van der Waals surface area contributed by atoms with E-state index in [1.54, 1.807) is 14.0 Å². The van der Waals surface area contributed by atoms with Gasteiger partial charge in [0.05, 0.1) is 13.0 Å². The molecule has 0 aliphatic carbocycles. The maximum Gasteiger partial charge on any atom is 0.311 e. The molecular formula is C7H13NO2. The lowest BCUT2D eigenvalue weighted by Gasteiger charge is -2.02. The Kier molecular flexibility index (Phi) is 4.37. The van der Waals surface area contributed by atoms with E-state index in [2.05, 4.69) is 16.6 Å². The summed E-state index contributed by atoms with van der Waals surface area (Å²) < 4.78 is 4.67. The van der Waals surface area contributed by atoms with Crippen LogP contribution in [0.1, 0.15) is 13.3 Å². The molecule has 0 aliphatic heterocycles. The van der Waals surface area contributed by atoms with E-state index in [1.807, 2.05) is 0 Å². The SMILES string of the molecule is C=C(CC(=O)OCC)NC. The van der Waals surface area contributed by atoms with Gasteiger partial charge in [-0.05, 0) is 6.92 Å². The van der Waals surface area contributed by atoms with E-state index in [0.29, 0.717) is 12.3 Å². The summed E-state index contributed by atoms with van der Waals surface area (Å²) in [6.07, 6.45) is 0.254. The van der Waals surface area contributed by atoms with E-state index in [0.717, 1.165) is 0 Å². The first-order valence-corrected chi connectivity index (χ1v) is 3.21. The molecule has 0 aromatic heterocycles. The number of ether oxygens (including phenoxy) is 1. The van der Waals surface area contributed by atoms with Gasteiger partial charge in [0.25, 0.3) is 0 Å². The molecular weight excluding hydrogens is 130 g/mol. The van der Waals surface area contributed by atoms with Crippen molar-refractivity contribution in [3.05, 3.63) is 12.3 Å². The van der Waals surface area contributed by atoms with Crippen LogP contribution in [0.25, 0.3) is 0 Å². The van der Waals surface area contributed by atoms with Gasteiger partial charge >= 0.3 is 5.97 Å². The van der Waals surface area contributed by atoms with Crippen molar-refractivity contribution in [3.8, 4) is 0 Å². The Morgan fingerprint density at radius 3 is 2.70 bits per heavy atom. The summed E-state index contributed by atoms with van der Waals surface area (Å²) in [6, 6.07) is 0. The van der Waals surface area contributed by atoms with E-state index in [9.17, 15) is 4.79 Å². The van der Waals surface area contributed by atoms with Gasteiger partial charge in [0, 0.05) is 12.7 Å². The molecule has 0 spiro atoms. The van der Waals surface area contributed by atoms with E-state index < -0.39 is 0 Å². The first kappa shape index (κ1) is 9.01. The van der Waals surface area contributed by atoms with Gasteiger partial charge in [-0.25, -0.2) is 0 Å². The van der Waals surface area contributed by atoms with Crippen LogP contribution in [0, 0.1) is 0 Å². The number of carbonyl (C=O) groups excluding carboxylic acids is 1. The molecule has 0 bridgehead atoms. The Morgan fingerprint density at radius 1 is 1.70 bits per heavy atom. The molecule has 1 N–H and O–H groups in total. The van der Waals surface area contributed by atoms with Crippen LogP contribution in [0.2, 0.25) is 0 Å². The number of rotatable bonds is 4. The molecule has 0 fully saturated rings. The molecule has 0 aromatic carbocycles. The predicted octanol–water partition coefficient (Wildman–Crippen LogP) is 0.673. The van der Waals surface area contributed by atoms with E-state index in [4.69, 9.17) is 0 Å². The Labute approximate surface area is 61.1 Å². The summed E-state index contributed by atoms with van der Waals surface area (Å²) in [7, 11) is 1.72. The third-order valence-electron chi connectivity index (χ3n) is 1.02. The van der Waals surface area contributed by atoms with Gasteiger partial charge in [0.2, 0.25) is 0 Å². The van der Waals surface area contributed by atoms with Crippen molar-refractivity contribution >= 4 is 5.97 Å². The fourth-order valence-corrected chi connectivity index (χ4v) is 0.475. The maximum absolute atomic E-state index is 10.7. The van der Waals surface area contributed by atoms with Crippen LogP contribution in [0.4, 0.5) is 0 Å². The molecule has 0 atom stereocenters. The van der Waals surface area contributed by atoms with Crippen molar-refractivity contribution in [3.63, 3.8) is 0 Å². The average Bonchev–Trinajstić information content (AvgIpc) is 1.88. The zero-order valence-corrected chi connectivity index (χ0v) is 6.44. The number of nitrogens with one attached hydrogen (secondary N) is 1. The minimum atomic E-state index is -0.234. The third kappa shape index (κ3) is 3.95. The molecule has 0 heterocycles. The number of hydrogen-bond acceptors (Lipinski definition) is 3. The van der Waals surface area contributed by atoms with Gasteiger partial charge in [0.15, 0.2) is 0 Å². The summed E-state index contributed by atoms with van der Waals surface area (Å²) in [5, 5.41) is 2.76. The first-order chi connectivity index (χ1) is 4.70. The molecule has 0 aromatic rings. The van der Waals surface area contributed by atoms with Gasteiger partial charge in [-0.15, -0.1) is 0 Å². The number of esters is 1. The lowest BCUT2D eigenvalue weighted by atomic mass is 10.3. The highest BCUT2D eigenvalue weighted by Crippen LogP contribution is 1.93. The summed E-state index contributed by atoms with van der Waals surface area (Å²) in [5.74, 6) is -0.234. The van der Waals surface area contributed by atoms with Crippen molar-refractivity contribution in [2.75, 3.05) is 13.7 Å². The van der Waals surface area contributed by atoms with Gasteiger partial charge < -0.3 is 10.1 Å². The zero-order chi connectivity index (χ0) is 7.98. The molecule has 0 amide bonds. The Balaban J connectivity index is 3.47. The van der Waals surface area contributed by atoms with Gasteiger partial charge in [0.1, 0.15) is 0 Å². The molecule has 0 aliphatic rings. The summed E-state index contributed by atoms with van der Waals surface area (Å²) in [4.78, 5) is 10.7. The van der Waals surface area contributed by atoms with Crippen molar-refractivity contribution in [1.29, 1.82) is 0 Å². The molecule has 0 rings (SSSR count). The largest absolute Gasteiger partial charge is 0.466 e. The monoisotopic (exact) mass is 143 g/mol. The number of carbonyl (C=O) groups is 1. The second-order valence-corrected chi connectivity index (χ2v) is 1.84. The molecule has 0 unspecified atom stereocenters. The topological polar surface area (TPSA) is 38.3 Å². The van der Waals surface area contributed by atoms with Gasteiger partial charge in [-0.2, -0.15) is 0 Å². The number of hydrogen-bond donors (Lipinski definition) is 1. The van der Waals surface area contributed by atoms with Crippen LogP contribution in [-0.2, 0) is 9.53 Å². The summed E-state index contributed by atoms with van der Waals surface area (Å²) in [5.41, 5.74) is 0.679. The Bertz CT molecular complexity index is 132. The molecule has 10 heavy (non-hydrogen) atoms. The maximum atomic E-state index is 10.7. The Morgan fingerprint density at radius 2 is 2.30 bits per heavy atom. The zero-order valence-electron chi connectivity index (χ0n) is 6.44. The highest BCUT2D eigenvalue weighted by atomic mass is 16.5. The van der Waals surface area contributed by atoms with E-state index >= 15 is 0 Å². The second kappa shape index (κ2) is 4.85. The quantitative estimate of drug-likeness (QED) is 0.588. The highest BCUT2D eigenvalue weighted by molar-refractivity contribution is 5.71. The van der Waals surface area contributed by atoms with E-state index in [-0.39, 0.29) is 12.4 Å². The third-order valence-corrected chi connectivity index (χ3v) is 1.02. The van der Waals surface area contributed by atoms with Crippen LogP contribution in [-0.4, -0.2) is 19.6 Å². The minimum absolute atomic E-state index is 0.234. The predicted molar refractivity (Wildman–Crippen MR) is 39.4 cm³/mol. The molecule has 0 saturated carbocycles. The lowest BCUT2D eigenvalue weighted by molar-refractivity contribution is -0.142. The fourth-order valence-electron chi connectivity index (χ4n) is 0.475. The molecule has 3 nitrogen and oxygen atoms in total. The van der Waals surface area contributed by atoms with Crippen molar-refractivity contribution < 1.29 is 9.53 Å². The van der Waals surface area contributed by atoms with Crippen molar-refractivity contribution in [2.45, 2.75) is 13.3 Å². The van der Waals surface area contributed by atoms with Crippen LogP contribution in [0.3, 0.4) is 0 Å². The van der Waals surface area contributed by atoms with Crippen LogP contribution in [0.15, 0.2) is 12.3 Å². The second-order valence-electron chi connectivity index (χ2n) is 1.84. The van der Waals surface area contributed by atoms with Gasteiger partial charge in [-0.3, -0.25) is 4.79 Å².